The molecule has 2 aliphatic rings. The number of carbonyl (C=O) groups is 1. The van der Waals surface area contributed by atoms with Crippen LogP contribution < -0.4 is 10.1 Å². The SMILES string of the molecule is CCOC(=O)c1ccc2c(c1)[C@@H]1C=CC[C@H]1[C@@H](c1ccccc1OCc1ccccc1)N2. The molecule has 0 bridgehead atoms. The predicted molar refractivity (Wildman–Crippen MR) is 126 cm³/mol. The Morgan fingerprint density at radius 3 is 2.66 bits per heavy atom. The molecule has 0 unspecified atom stereocenters. The average molecular weight is 426 g/mol. The normalized spacial score (nSPS) is 20.7. The van der Waals surface area contributed by atoms with Gasteiger partial charge in [-0.15, -0.1) is 0 Å². The van der Waals surface area contributed by atoms with Crippen LogP contribution in [0.4, 0.5) is 5.69 Å². The maximum Gasteiger partial charge on any atom is 0.338 e. The molecule has 0 amide bonds. The second-order valence-electron chi connectivity index (χ2n) is 8.31. The number of nitrogens with one attached hydrogen (secondary N) is 1. The van der Waals surface area contributed by atoms with E-state index >= 15 is 0 Å². The fourth-order valence-corrected chi connectivity index (χ4v) is 4.85. The molecule has 1 heterocycles. The highest BCUT2D eigenvalue weighted by Crippen LogP contribution is 2.51. The van der Waals surface area contributed by atoms with E-state index in [1.807, 2.05) is 49.4 Å². The standard InChI is InChI=1S/C28H27NO3/c1-2-31-28(30)20-15-16-25-24(17-20)21-12-8-13-22(21)27(29-25)23-11-6-7-14-26(23)32-18-19-9-4-3-5-10-19/h3-12,14-17,21-22,27,29H,2,13,18H2,1H3/t21-,22-,27+/m1/s1. The number of esters is 1. The molecule has 0 fully saturated rings. The number of hydrogen-bond donors (Lipinski definition) is 1. The summed E-state index contributed by atoms with van der Waals surface area (Å²) in [5.74, 6) is 1.26. The summed E-state index contributed by atoms with van der Waals surface area (Å²) in [5, 5.41) is 3.75. The van der Waals surface area contributed by atoms with Crippen molar-refractivity contribution in [1.82, 2.24) is 0 Å². The van der Waals surface area contributed by atoms with Crippen molar-refractivity contribution in [2.75, 3.05) is 11.9 Å². The van der Waals surface area contributed by atoms with Crippen LogP contribution in [0.5, 0.6) is 5.75 Å². The molecular weight excluding hydrogens is 398 g/mol. The van der Waals surface area contributed by atoms with Gasteiger partial charge in [-0.3, -0.25) is 0 Å². The van der Waals surface area contributed by atoms with Gasteiger partial charge in [-0.25, -0.2) is 4.79 Å². The first kappa shape index (κ1) is 20.4. The lowest BCUT2D eigenvalue weighted by atomic mass is 9.76. The highest BCUT2D eigenvalue weighted by Gasteiger charge is 2.39. The van der Waals surface area contributed by atoms with Crippen LogP contribution in [0.15, 0.2) is 84.9 Å². The third-order valence-corrected chi connectivity index (χ3v) is 6.37. The molecule has 1 aliphatic heterocycles. The van der Waals surface area contributed by atoms with Gasteiger partial charge in [0.2, 0.25) is 0 Å². The zero-order valence-corrected chi connectivity index (χ0v) is 18.2. The van der Waals surface area contributed by atoms with Gasteiger partial charge in [0, 0.05) is 17.2 Å². The van der Waals surface area contributed by atoms with E-state index in [4.69, 9.17) is 9.47 Å². The van der Waals surface area contributed by atoms with Gasteiger partial charge in [0.05, 0.1) is 18.2 Å². The fraction of sp³-hybridized carbons (Fsp3) is 0.250. The van der Waals surface area contributed by atoms with Crippen LogP contribution in [0.1, 0.15) is 52.4 Å². The second kappa shape index (κ2) is 8.91. The molecular formula is C28H27NO3. The summed E-state index contributed by atoms with van der Waals surface area (Å²) < 4.78 is 11.5. The fourth-order valence-electron chi connectivity index (χ4n) is 4.85. The second-order valence-corrected chi connectivity index (χ2v) is 8.31. The number of allylic oxidation sites excluding steroid dienone is 2. The zero-order valence-electron chi connectivity index (χ0n) is 18.2. The molecule has 5 rings (SSSR count). The van der Waals surface area contributed by atoms with Crippen molar-refractivity contribution in [1.29, 1.82) is 0 Å². The molecule has 0 radical (unpaired) electrons. The molecule has 1 N–H and O–H groups in total. The molecule has 3 atom stereocenters. The van der Waals surface area contributed by atoms with E-state index in [0.29, 0.717) is 24.7 Å². The van der Waals surface area contributed by atoms with Gasteiger partial charge >= 0.3 is 5.97 Å². The molecule has 1 aliphatic carbocycles. The van der Waals surface area contributed by atoms with Crippen LogP contribution >= 0.6 is 0 Å². The maximum absolute atomic E-state index is 12.3. The van der Waals surface area contributed by atoms with Crippen molar-refractivity contribution in [2.24, 2.45) is 5.92 Å². The molecule has 0 saturated carbocycles. The van der Waals surface area contributed by atoms with E-state index in [2.05, 4.69) is 47.8 Å². The van der Waals surface area contributed by atoms with Crippen LogP contribution in [0.2, 0.25) is 0 Å². The minimum Gasteiger partial charge on any atom is -0.489 e. The van der Waals surface area contributed by atoms with Gasteiger partial charge < -0.3 is 14.8 Å². The molecule has 3 aromatic rings. The Kier molecular flexibility index (Phi) is 5.68. The molecule has 0 saturated heterocycles. The Labute approximate surface area is 188 Å². The van der Waals surface area contributed by atoms with E-state index in [-0.39, 0.29) is 17.9 Å². The number of fused-ring (bicyclic) bond motifs is 3. The monoisotopic (exact) mass is 425 g/mol. The Morgan fingerprint density at radius 1 is 1.00 bits per heavy atom. The molecule has 3 aromatic carbocycles. The smallest absolute Gasteiger partial charge is 0.338 e. The van der Waals surface area contributed by atoms with Crippen molar-refractivity contribution >= 4 is 11.7 Å². The van der Waals surface area contributed by atoms with Crippen molar-refractivity contribution in [3.05, 3.63) is 107 Å². The van der Waals surface area contributed by atoms with Crippen molar-refractivity contribution in [3.8, 4) is 5.75 Å². The summed E-state index contributed by atoms with van der Waals surface area (Å²) in [6.07, 6.45) is 5.52. The Morgan fingerprint density at radius 2 is 1.81 bits per heavy atom. The van der Waals surface area contributed by atoms with Crippen LogP contribution in [0, 0.1) is 5.92 Å². The van der Waals surface area contributed by atoms with E-state index < -0.39 is 0 Å². The van der Waals surface area contributed by atoms with Crippen LogP contribution in [-0.2, 0) is 11.3 Å². The highest BCUT2D eigenvalue weighted by molar-refractivity contribution is 5.90. The maximum atomic E-state index is 12.3. The summed E-state index contributed by atoms with van der Waals surface area (Å²) >= 11 is 0. The number of rotatable bonds is 6. The van der Waals surface area contributed by atoms with Crippen molar-refractivity contribution in [3.63, 3.8) is 0 Å². The summed E-state index contributed by atoms with van der Waals surface area (Å²) in [5.41, 5.74) is 5.15. The first-order valence-electron chi connectivity index (χ1n) is 11.2. The van der Waals surface area contributed by atoms with Gasteiger partial charge in [0.25, 0.3) is 0 Å². The van der Waals surface area contributed by atoms with Gasteiger partial charge in [-0.1, -0.05) is 60.7 Å². The number of ether oxygens (including phenoxy) is 2. The summed E-state index contributed by atoms with van der Waals surface area (Å²) in [6.45, 7) is 2.74. The van der Waals surface area contributed by atoms with E-state index in [1.54, 1.807) is 0 Å². The third-order valence-electron chi connectivity index (χ3n) is 6.37. The van der Waals surface area contributed by atoms with Gasteiger partial charge in [0.15, 0.2) is 0 Å². The van der Waals surface area contributed by atoms with E-state index in [9.17, 15) is 4.79 Å². The molecule has 32 heavy (non-hydrogen) atoms. The zero-order chi connectivity index (χ0) is 21.9. The van der Waals surface area contributed by atoms with Crippen LogP contribution in [-0.4, -0.2) is 12.6 Å². The van der Waals surface area contributed by atoms with E-state index in [1.165, 1.54) is 5.56 Å². The Balaban J connectivity index is 1.45. The molecule has 4 heteroatoms. The average Bonchev–Trinajstić information content (AvgIpc) is 3.33. The topological polar surface area (TPSA) is 47.6 Å². The largest absolute Gasteiger partial charge is 0.489 e. The van der Waals surface area contributed by atoms with Crippen LogP contribution in [0.3, 0.4) is 0 Å². The minimum absolute atomic E-state index is 0.128. The van der Waals surface area contributed by atoms with Gasteiger partial charge in [-0.2, -0.15) is 0 Å². The molecule has 0 aromatic heterocycles. The molecule has 162 valence electrons. The number of para-hydroxylation sites is 1. The highest BCUT2D eigenvalue weighted by atomic mass is 16.5. The Hall–Kier alpha value is -3.53. The summed E-state index contributed by atoms with van der Waals surface area (Å²) in [4.78, 5) is 12.3. The van der Waals surface area contributed by atoms with Gasteiger partial charge in [0.1, 0.15) is 12.4 Å². The quantitative estimate of drug-likeness (QED) is 0.374. The molecule has 0 spiro atoms. The summed E-state index contributed by atoms with van der Waals surface area (Å²) in [7, 11) is 0. The number of anilines is 1. The number of hydrogen-bond acceptors (Lipinski definition) is 4. The lowest BCUT2D eigenvalue weighted by molar-refractivity contribution is 0.0526. The lowest BCUT2D eigenvalue weighted by Crippen LogP contribution is -2.29. The number of benzene rings is 3. The van der Waals surface area contributed by atoms with Gasteiger partial charge in [-0.05, 0) is 54.7 Å². The van der Waals surface area contributed by atoms with Crippen molar-refractivity contribution in [2.45, 2.75) is 31.9 Å². The molecule has 4 nitrogen and oxygen atoms in total. The lowest BCUT2D eigenvalue weighted by Gasteiger charge is -2.38. The van der Waals surface area contributed by atoms with Crippen LogP contribution in [0.25, 0.3) is 0 Å². The number of carbonyl (C=O) groups excluding carboxylic acids is 1. The summed E-state index contributed by atoms with van der Waals surface area (Å²) in [6, 6.07) is 24.5. The first-order valence-corrected chi connectivity index (χ1v) is 11.2. The van der Waals surface area contributed by atoms with E-state index in [0.717, 1.165) is 29.0 Å². The third kappa shape index (κ3) is 3.89. The first-order chi connectivity index (χ1) is 15.7. The Bertz CT molecular complexity index is 1140. The minimum atomic E-state index is -0.268. The van der Waals surface area contributed by atoms with Crippen molar-refractivity contribution < 1.29 is 14.3 Å². The predicted octanol–water partition coefficient (Wildman–Crippen LogP) is 6.27.